The van der Waals surface area contributed by atoms with Crippen LogP contribution in [0.4, 0.5) is 5.69 Å². The number of nitrogens with one attached hydrogen (secondary N) is 1. The molecule has 0 aromatic heterocycles. The lowest BCUT2D eigenvalue weighted by Crippen LogP contribution is -2.24. The molecule has 1 aliphatic rings. The lowest BCUT2D eigenvalue weighted by Gasteiger charge is -2.20. The van der Waals surface area contributed by atoms with E-state index in [1.54, 1.807) is 42.5 Å². The van der Waals surface area contributed by atoms with Crippen LogP contribution in [0.5, 0.6) is 0 Å². The SMILES string of the molecule is O=C(O)CSCC(=O)Nc1cccc2c1C(=O)c1ccccc1C2=O. The van der Waals surface area contributed by atoms with E-state index in [0.29, 0.717) is 11.1 Å². The zero-order valence-corrected chi connectivity index (χ0v) is 13.8. The number of hydrogen-bond donors (Lipinski definition) is 2. The Morgan fingerprint density at radius 1 is 0.880 bits per heavy atom. The van der Waals surface area contributed by atoms with E-state index in [1.807, 2.05) is 0 Å². The highest BCUT2D eigenvalue weighted by molar-refractivity contribution is 8.00. The van der Waals surface area contributed by atoms with Crippen LogP contribution >= 0.6 is 11.8 Å². The van der Waals surface area contributed by atoms with E-state index in [9.17, 15) is 19.2 Å². The second kappa shape index (κ2) is 6.90. The van der Waals surface area contributed by atoms with Gasteiger partial charge in [0, 0.05) is 16.7 Å². The van der Waals surface area contributed by atoms with E-state index < -0.39 is 11.9 Å². The number of benzene rings is 2. The maximum absolute atomic E-state index is 12.8. The van der Waals surface area contributed by atoms with Crippen LogP contribution in [0.15, 0.2) is 42.5 Å². The van der Waals surface area contributed by atoms with Crippen molar-refractivity contribution >= 4 is 40.9 Å². The molecule has 3 rings (SSSR count). The van der Waals surface area contributed by atoms with Crippen molar-refractivity contribution in [3.05, 3.63) is 64.7 Å². The molecule has 7 heteroatoms. The molecule has 6 nitrogen and oxygen atoms in total. The Kier molecular flexibility index (Phi) is 4.67. The second-order valence-electron chi connectivity index (χ2n) is 5.37. The number of carbonyl (C=O) groups excluding carboxylic acids is 3. The van der Waals surface area contributed by atoms with Crippen molar-refractivity contribution in [3.63, 3.8) is 0 Å². The van der Waals surface area contributed by atoms with Gasteiger partial charge >= 0.3 is 5.97 Å². The van der Waals surface area contributed by atoms with Crippen LogP contribution in [0.25, 0.3) is 0 Å². The molecule has 25 heavy (non-hydrogen) atoms. The quantitative estimate of drug-likeness (QED) is 0.728. The van der Waals surface area contributed by atoms with Gasteiger partial charge in [-0.15, -0.1) is 11.8 Å². The molecule has 0 heterocycles. The Labute approximate surface area is 147 Å². The molecule has 0 radical (unpaired) electrons. The van der Waals surface area contributed by atoms with E-state index in [-0.39, 0.29) is 39.9 Å². The van der Waals surface area contributed by atoms with Gasteiger partial charge in [-0.1, -0.05) is 36.4 Å². The molecule has 0 spiro atoms. The molecule has 2 N–H and O–H groups in total. The van der Waals surface area contributed by atoms with Gasteiger partial charge < -0.3 is 10.4 Å². The van der Waals surface area contributed by atoms with Gasteiger partial charge in [-0.05, 0) is 6.07 Å². The van der Waals surface area contributed by atoms with E-state index in [1.165, 1.54) is 0 Å². The minimum atomic E-state index is -1.01. The van der Waals surface area contributed by atoms with Crippen LogP contribution in [0.3, 0.4) is 0 Å². The van der Waals surface area contributed by atoms with Crippen LogP contribution in [-0.2, 0) is 9.59 Å². The normalized spacial score (nSPS) is 12.3. The lowest BCUT2D eigenvalue weighted by molar-refractivity contribution is -0.133. The van der Waals surface area contributed by atoms with Crippen molar-refractivity contribution in [1.29, 1.82) is 0 Å². The van der Waals surface area contributed by atoms with Crippen molar-refractivity contribution < 1.29 is 24.3 Å². The van der Waals surface area contributed by atoms with Crippen molar-refractivity contribution in [1.82, 2.24) is 0 Å². The summed E-state index contributed by atoms with van der Waals surface area (Å²) in [5.74, 6) is -2.27. The smallest absolute Gasteiger partial charge is 0.313 e. The highest BCUT2D eigenvalue weighted by Crippen LogP contribution is 2.31. The van der Waals surface area contributed by atoms with Gasteiger partial charge in [-0.25, -0.2) is 0 Å². The fourth-order valence-corrected chi connectivity index (χ4v) is 3.20. The van der Waals surface area contributed by atoms with Crippen LogP contribution in [-0.4, -0.2) is 40.1 Å². The van der Waals surface area contributed by atoms with Crippen molar-refractivity contribution in [2.24, 2.45) is 0 Å². The highest BCUT2D eigenvalue weighted by atomic mass is 32.2. The minimum absolute atomic E-state index is 0.0608. The molecule has 0 aliphatic heterocycles. The first kappa shape index (κ1) is 16.9. The summed E-state index contributed by atoms with van der Waals surface area (Å²) in [6.45, 7) is 0. The third kappa shape index (κ3) is 3.32. The third-order valence-electron chi connectivity index (χ3n) is 3.69. The van der Waals surface area contributed by atoms with E-state index in [2.05, 4.69) is 5.32 Å². The molecular formula is C18H13NO5S. The summed E-state index contributed by atoms with van der Waals surface area (Å²) in [5.41, 5.74) is 1.33. The Hall–Kier alpha value is -2.93. The topological polar surface area (TPSA) is 101 Å². The summed E-state index contributed by atoms with van der Waals surface area (Å²) >= 11 is 0.953. The molecule has 0 saturated carbocycles. The fourth-order valence-electron chi connectivity index (χ4n) is 2.67. The van der Waals surface area contributed by atoms with Gasteiger partial charge in [0.2, 0.25) is 5.91 Å². The minimum Gasteiger partial charge on any atom is -0.481 e. The fraction of sp³-hybridized carbons (Fsp3) is 0.111. The molecule has 126 valence electrons. The Morgan fingerprint density at radius 3 is 2.20 bits per heavy atom. The molecule has 0 bridgehead atoms. The van der Waals surface area contributed by atoms with Crippen molar-refractivity contribution in [2.45, 2.75) is 0 Å². The van der Waals surface area contributed by atoms with Gasteiger partial charge in [0.25, 0.3) is 0 Å². The first-order valence-electron chi connectivity index (χ1n) is 7.40. The summed E-state index contributed by atoms with van der Waals surface area (Å²) < 4.78 is 0. The average molecular weight is 355 g/mol. The largest absolute Gasteiger partial charge is 0.481 e. The number of fused-ring (bicyclic) bond motifs is 2. The molecule has 0 unspecified atom stereocenters. The molecule has 2 aromatic rings. The zero-order chi connectivity index (χ0) is 18.0. The standard InChI is InChI=1S/C18H13NO5S/c20-14(8-25-9-15(21)22)19-13-7-3-6-12-16(13)18(24)11-5-2-1-4-10(11)17(12)23/h1-7H,8-9H2,(H,19,20)(H,21,22). The maximum Gasteiger partial charge on any atom is 0.313 e. The number of aliphatic carboxylic acids is 1. The molecule has 0 saturated heterocycles. The van der Waals surface area contributed by atoms with Crippen molar-refractivity contribution in [2.75, 3.05) is 16.8 Å². The monoisotopic (exact) mass is 355 g/mol. The number of thioether (sulfide) groups is 1. The van der Waals surface area contributed by atoms with Gasteiger partial charge in [0.05, 0.1) is 22.8 Å². The number of ketones is 2. The molecule has 0 fully saturated rings. The molecule has 1 aliphatic carbocycles. The molecular weight excluding hydrogens is 342 g/mol. The number of carboxylic acid groups (broad SMARTS) is 1. The average Bonchev–Trinajstić information content (AvgIpc) is 2.59. The van der Waals surface area contributed by atoms with Crippen LogP contribution in [0.2, 0.25) is 0 Å². The number of amides is 1. The highest BCUT2D eigenvalue weighted by Gasteiger charge is 2.31. The number of anilines is 1. The number of hydrogen-bond acceptors (Lipinski definition) is 5. The molecule has 1 amide bonds. The summed E-state index contributed by atoms with van der Waals surface area (Å²) in [7, 11) is 0. The van der Waals surface area contributed by atoms with E-state index >= 15 is 0 Å². The Balaban J connectivity index is 1.89. The third-order valence-corrected chi connectivity index (χ3v) is 4.60. The Bertz CT molecular complexity index is 906. The first-order chi connectivity index (χ1) is 12.0. The summed E-state index contributed by atoms with van der Waals surface area (Å²) in [4.78, 5) is 47.9. The van der Waals surface area contributed by atoms with Gasteiger partial charge in [-0.3, -0.25) is 19.2 Å². The molecule has 2 aromatic carbocycles. The van der Waals surface area contributed by atoms with E-state index in [0.717, 1.165) is 11.8 Å². The second-order valence-corrected chi connectivity index (χ2v) is 6.35. The van der Waals surface area contributed by atoms with Gasteiger partial charge in [-0.2, -0.15) is 0 Å². The first-order valence-corrected chi connectivity index (χ1v) is 8.55. The van der Waals surface area contributed by atoms with Crippen LogP contribution in [0.1, 0.15) is 31.8 Å². The van der Waals surface area contributed by atoms with Crippen molar-refractivity contribution in [3.8, 4) is 0 Å². The summed E-state index contributed by atoms with van der Waals surface area (Å²) in [5, 5.41) is 11.2. The predicted octanol–water partition coefficient (Wildman–Crippen LogP) is 2.22. The predicted molar refractivity (Wildman–Crippen MR) is 93.3 cm³/mol. The van der Waals surface area contributed by atoms with Gasteiger partial charge in [0.1, 0.15) is 0 Å². The Morgan fingerprint density at radius 2 is 1.52 bits per heavy atom. The van der Waals surface area contributed by atoms with Crippen LogP contribution < -0.4 is 5.32 Å². The number of carboxylic acids is 1. The lowest BCUT2D eigenvalue weighted by atomic mass is 9.83. The van der Waals surface area contributed by atoms with Crippen LogP contribution in [0, 0.1) is 0 Å². The molecule has 0 atom stereocenters. The zero-order valence-electron chi connectivity index (χ0n) is 12.9. The summed E-state index contributed by atoms with van der Waals surface area (Å²) in [6, 6.07) is 11.3. The number of rotatable bonds is 5. The number of carbonyl (C=O) groups is 4. The summed E-state index contributed by atoms with van der Waals surface area (Å²) in [6.07, 6.45) is 0. The maximum atomic E-state index is 12.8. The van der Waals surface area contributed by atoms with E-state index in [4.69, 9.17) is 5.11 Å². The van der Waals surface area contributed by atoms with Gasteiger partial charge in [0.15, 0.2) is 11.6 Å².